The summed E-state index contributed by atoms with van der Waals surface area (Å²) < 4.78 is 5.39. The second kappa shape index (κ2) is 9.91. The molecular formula is C23H28N6O2S. The van der Waals surface area contributed by atoms with E-state index in [1.54, 1.807) is 11.3 Å². The van der Waals surface area contributed by atoms with Gasteiger partial charge in [0, 0.05) is 38.6 Å². The molecule has 32 heavy (non-hydrogen) atoms. The molecule has 1 amide bonds. The van der Waals surface area contributed by atoms with Crippen LogP contribution >= 0.6 is 11.3 Å². The fourth-order valence-electron chi connectivity index (χ4n) is 4.35. The smallest absolute Gasteiger partial charge is 0.241 e. The number of hydrogen-bond acceptors (Lipinski definition) is 8. The highest BCUT2D eigenvalue weighted by Crippen LogP contribution is 2.23. The van der Waals surface area contributed by atoms with Crippen molar-refractivity contribution >= 4 is 17.2 Å². The number of carbonyl (C=O) groups excluding carboxylic acids is 1. The maximum absolute atomic E-state index is 13.0. The van der Waals surface area contributed by atoms with Gasteiger partial charge in [-0.25, -0.2) is 10.9 Å². The number of amides is 1. The monoisotopic (exact) mass is 452 g/mol. The Hall–Kier alpha value is -2.59. The van der Waals surface area contributed by atoms with Gasteiger partial charge in [-0.15, -0.1) is 11.3 Å². The molecule has 2 atom stereocenters. The number of carbonyl (C=O) groups is 1. The first-order valence-electron chi connectivity index (χ1n) is 11.2. The minimum Gasteiger partial charge on any atom is -0.339 e. The van der Waals surface area contributed by atoms with Gasteiger partial charge >= 0.3 is 0 Å². The van der Waals surface area contributed by atoms with E-state index in [9.17, 15) is 4.79 Å². The SMILES string of the molecule is O=C(C1CC(c2ccccc2)NN1)N1CCN(CCCc2nc(-c3cccs3)no2)CC1. The number of aromatic nitrogens is 2. The molecule has 2 aliphatic heterocycles. The van der Waals surface area contributed by atoms with Crippen LogP contribution in [0, 0.1) is 0 Å². The van der Waals surface area contributed by atoms with Crippen LogP contribution in [0.5, 0.6) is 0 Å². The Kier molecular flexibility index (Phi) is 6.59. The van der Waals surface area contributed by atoms with Crippen LogP contribution in [0.2, 0.25) is 0 Å². The highest BCUT2D eigenvalue weighted by Gasteiger charge is 2.33. The van der Waals surface area contributed by atoms with Crippen molar-refractivity contribution in [2.24, 2.45) is 0 Å². The number of benzene rings is 1. The first kappa shape index (κ1) is 21.3. The standard InChI is InChI=1S/C23H28N6O2S/c30-23(19-16-18(25-26-19)17-6-2-1-3-7-17)29-13-11-28(12-14-29)10-4-9-21-24-22(27-31-21)20-8-5-15-32-20/h1-3,5-8,15,18-19,25-26H,4,9-14,16H2. The van der Waals surface area contributed by atoms with Crippen LogP contribution in [0.3, 0.4) is 0 Å². The largest absolute Gasteiger partial charge is 0.339 e. The molecule has 0 bridgehead atoms. The van der Waals surface area contributed by atoms with Crippen molar-refractivity contribution in [2.75, 3.05) is 32.7 Å². The predicted molar refractivity (Wildman–Crippen MR) is 123 cm³/mol. The lowest BCUT2D eigenvalue weighted by atomic mass is 10.0. The molecule has 5 rings (SSSR count). The molecule has 0 radical (unpaired) electrons. The number of thiophene rings is 1. The maximum atomic E-state index is 13.0. The molecule has 0 aliphatic carbocycles. The lowest BCUT2D eigenvalue weighted by Crippen LogP contribution is -2.53. The molecule has 4 heterocycles. The molecule has 3 aromatic rings. The van der Waals surface area contributed by atoms with Gasteiger partial charge in [0.15, 0.2) is 0 Å². The zero-order valence-electron chi connectivity index (χ0n) is 17.9. The Morgan fingerprint density at radius 1 is 1.09 bits per heavy atom. The van der Waals surface area contributed by atoms with Gasteiger partial charge in [-0.3, -0.25) is 9.69 Å². The summed E-state index contributed by atoms with van der Waals surface area (Å²) in [5.74, 6) is 1.56. The number of piperazine rings is 1. The summed E-state index contributed by atoms with van der Waals surface area (Å²) in [6.45, 7) is 4.32. The van der Waals surface area contributed by atoms with Crippen LogP contribution in [0.1, 0.15) is 30.3 Å². The van der Waals surface area contributed by atoms with Gasteiger partial charge in [0.25, 0.3) is 0 Å². The summed E-state index contributed by atoms with van der Waals surface area (Å²) in [7, 11) is 0. The lowest BCUT2D eigenvalue weighted by Gasteiger charge is -2.35. The van der Waals surface area contributed by atoms with Crippen LogP contribution in [0.25, 0.3) is 10.7 Å². The number of nitrogens with zero attached hydrogens (tertiary/aromatic N) is 4. The molecule has 2 aromatic heterocycles. The van der Waals surface area contributed by atoms with Crippen molar-refractivity contribution in [1.82, 2.24) is 30.8 Å². The second-order valence-electron chi connectivity index (χ2n) is 8.30. The van der Waals surface area contributed by atoms with Gasteiger partial charge in [0.2, 0.25) is 17.6 Å². The van der Waals surface area contributed by atoms with Crippen LogP contribution in [-0.2, 0) is 11.2 Å². The summed E-state index contributed by atoms with van der Waals surface area (Å²) in [6, 6.07) is 14.3. The van der Waals surface area contributed by atoms with E-state index in [0.29, 0.717) is 11.7 Å². The van der Waals surface area contributed by atoms with Gasteiger partial charge in [0.05, 0.1) is 4.88 Å². The van der Waals surface area contributed by atoms with Crippen molar-refractivity contribution in [3.05, 3.63) is 59.3 Å². The molecule has 2 fully saturated rings. The lowest BCUT2D eigenvalue weighted by molar-refractivity contribution is -0.135. The van der Waals surface area contributed by atoms with Crippen LogP contribution in [0.15, 0.2) is 52.4 Å². The van der Waals surface area contributed by atoms with E-state index in [0.717, 1.165) is 56.9 Å². The summed E-state index contributed by atoms with van der Waals surface area (Å²) in [5, 5.41) is 6.08. The first-order chi connectivity index (χ1) is 15.8. The Morgan fingerprint density at radius 3 is 2.72 bits per heavy atom. The van der Waals surface area contributed by atoms with E-state index in [-0.39, 0.29) is 18.0 Å². The number of nitrogens with one attached hydrogen (secondary N) is 2. The number of rotatable bonds is 7. The van der Waals surface area contributed by atoms with Crippen molar-refractivity contribution < 1.29 is 9.32 Å². The molecule has 0 spiro atoms. The van der Waals surface area contributed by atoms with Gasteiger partial charge in [-0.2, -0.15) is 4.98 Å². The fraction of sp³-hybridized carbons (Fsp3) is 0.435. The van der Waals surface area contributed by atoms with Gasteiger partial charge < -0.3 is 9.42 Å². The van der Waals surface area contributed by atoms with E-state index < -0.39 is 0 Å². The van der Waals surface area contributed by atoms with E-state index in [1.165, 1.54) is 5.56 Å². The highest BCUT2D eigenvalue weighted by atomic mass is 32.1. The van der Waals surface area contributed by atoms with Crippen molar-refractivity contribution in [3.63, 3.8) is 0 Å². The third kappa shape index (κ3) is 4.91. The van der Waals surface area contributed by atoms with Crippen LogP contribution in [0.4, 0.5) is 0 Å². The molecule has 0 saturated carbocycles. The summed E-state index contributed by atoms with van der Waals surface area (Å²) in [5.41, 5.74) is 7.69. The van der Waals surface area contributed by atoms with Crippen LogP contribution < -0.4 is 10.9 Å². The molecule has 2 unspecified atom stereocenters. The fourth-order valence-corrected chi connectivity index (χ4v) is 5.00. The minimum atomic E-state index is -0.165. The van der Waals surface area contributed by atoms with E-state index in [4.69, 9.17) is 4.52 Å². The molecule has 8 nitrogen and oxygen atoms in total. The third-order valence-corrected chi connectivity index (χ3v) is 7.03. The van der Waals surface area contributed by atoms with E-state index in [1.807, 2.05) is 40.6 Å². The minimum absolute atomic E-state index is 0.165. The normalized spacial score (nSPS) is 21.8. The Bertz CT molecular complexity index is 1000. The molecule has 1 aromatic carbocycles. The summed E-state index contributed by atoms with van der Waals surface area (Å²) in [6.07, 6.45) is 2.52. The van der Waals surface area contributed by atoms with Crippen molar-refractivity contribution in [1.29, 1.82) is 0 Å². The number of hydrazine groups is 1. The zero-order chi connectivity index (χ0) is 21.8. The van der Waals surface area contributed by atoms with Gasteiger partial charge in [-0.05, 0) is 36.4 Å². The third-order valence-electron chi connectivity index (χ3n) is 6.16. The first-order valence-corrected chi connectivity index (χ1v) is 12.1. The van der Waals surface area contributed by atoms with Crippen molar-refractivity contribution in [2.45, 2.75) is 31.3 Å². The summed E-state index contributed by atoms with van der Waals surface area (Å²) >= 11 is 1.61. The zero-order valence-corrected chi connectivity index (χ0v) is 18.8. The van der Waals surface area contributed by atoms with Crippen LogP contribution in [-0.4, -0.2) is 64.6 Å². The Balaban J connectivity index is 1.03. The highest BCUT2D eigenvalue weighted by molar-refractivity contribution is 7.13. The Morgan fingerprint density at radius 2 is 1.94 bits per heavy atom. The topological polar surface area (TPSA) is 86.5 Å². The molecule has 2 aliphatic rings. The predicted octanol–water partition coefficient (Wildman–Crippen LogP) is 2.48. The number of aryl methyl sites for hydroxylation is 1. The Labute approximate surface area is 191 Å². The average molecular weight is 453 g/mol. The molecule has 168 valence electrons. The average Bonchev–Trinajstić information content (AvgIpc) is 3.61. The number of hydrogen-bond donors (Lipinski definition) is 2. The second-order valence-corrected chi connectivity index (χ2v) is 9.25. The van der Waals surface area contributed by atoms with Crippen molar-refractivity contribution in [3.8, 4) is 10.7 Å². The molecule has 9 heteroatoms. The summed E-state index contributed by atoms with van der Waals surface area (Å²) in [4.78, 5) is 22.9. The van der Waals surface area contributed by atoms with E-state index in [2.05, 4.69) is 38.0 Å². The van der Waals surface area contributed by atoms with Gasteiger partial charge in [0.1, 0.15) is 6.04 Å². The molecule has 2 N–H and O–H groups in total. The quantitative estimate of drug-likeness (QED) is 0.570. The van der Waals surface area contributed by atoms with Gasteiger partial charge in [-0.1, -0.05) is 41.6 Å². The maximum Gasteiger partial charge on any atom is 0.241 e. The molecule has 2 saturated heterocycles. The van der Waals surface area contributed by atoms with E-state index >= 15 is 0 Å². The molecular weight excluding hydrogens is 424 g/mol.